The zero-order valence-electron chi connectivity index (χ0n) is 20.3. The van der Waals surface area contributed by atoms with Gasteiger partial charge in [-0.2, -0.15) is 0 Å². The molecule has 2 aromatic rings. The summed E-state index contributed by atoms with van der Waals surface area (Å²) in [4.78, 5) is 26.1. The van der Waals surface area contributed by atoms with Crippen molar-refractivity contribution in [2.45, 2.75) is 79.2 Å². The van der Waals surface area contributed by atoms with Crippen molar-refractivity contribution >= 4 is 23.1 Å². The Hall–Kier alpha value is -2.82. The topological polar surface area (TPSA) is 78.4 Å². The van der Waals surface area contributed by atoms with Gasteiger partial charge in [0.25, 0.3) is 5.91 Å². The first kappa shape index (κ1) is 25.4. The summed E-state index contributed by atoms with van der Waals surface area (Å²) in [6, 6.07) is 12.0. The van der Waals surface area contributed by atoms with Crippen LogP contribution in [-0.2, 0) is 0 Å². The summed E-state index contributed by atoms with van der Waals surface area (Å²) in [7, 11) is 0. The molecule has 0 heterocycles. The van der Waals surface area contributed by atoms with E-state index < -0.39 is 5.41 Å². The second kappa shape index (κ2) is 10.7. The monoisotopic (exact) mass is 438 g/mol. The van der Waals surface area contributed by atoms with Gasteiger partial charge in [-0.05, 0) is 69.0 Å². The molecule has 3 N–H and O–H groups in total. The quantitative estimate of drug-likeness (QED) is 0.329. The maximum Gasteiger partial charge on any atom is 0.255 e. The third kappa shape index (κ3) is 6.12. The fraction of sp³-hybridized carbons (Fsp3) is 0.481. The summed E-state index contributed by atoms with van der Waals surface area (Å²) in [5.74, 6) is -0.501. The SMILES string of the molecule is CCCC(C)(CC)C(=O)c1cc(O)cc(C(=O)Nc2cccc(NC(C)(CC)CC)c2)c1. The van der Waals surface area contributed by atoms with Gasteiger partial charge >= 0.3 is 0 Å². The Bertz CT molecular complexity index is 950. The Labute approximate surface area is 192 Å². The highest BCUT2D eigenvalue weighted by Crippen LogP contribution is 2.33. The van der Waals surface area contributed by atoms with Gasteiger partial charge in [0.15, 0.2) is 5.78 Å². The maximum atomic E-state index is 13.2. The second-order valence-corrected chi connectivity index (χ2v) is 9.19. The van der Waals surface area contributed by atoms with Crippen LogP contribution < -0.4 is 10.6 Å². The van der Waals surface area contributed by atoms with Crippen LogP contribution in [0.2, 0.25) is 0 Å². The highest BCUT2D eigenvalue weighted by molar-refractivity contribution is 6.08. The molecular weight excluding hydrogens is 400 g/mol. The first-order valence-corrected chi connectivity index (χ1v) is 11.7. The van der Waals surface area contributed by atoms with Crippen molar-refractivity contribution in [1.29, 1.82) is 0 Å². The van der Waals surface area contributed by atoms with Gasteiger partial charge < -0.3 is 15.7 Å². The highest BCUT2D eigenvalue weighted by atomic mass is 16.3. The van der Waals surface area contributed by atoms with Gasteiger partial charge in [-0.25, -0.2) is 0 Å². The van der Waals surface area contributed by atoms with E-state index in [9.17, 15) is 14.7 Å². The molecule has 5 heteroatoms. The number of carbonyl (C=O) groups is 2. The van der Waals surface area contributed by atoms with E-state index in [-0.39, 0.29) is 28.5 Å². The van der Waals surface area contributed by atoms with Gasteiger partial charge in [-0.1, -0.05) is 47.1 Å². The van der Waals surface area contributed by atoms with Crippen molar-refractivity contribution in [3.63, 3.8) is 0 Å². The molecule has 0 aliphatic carbocycles. The Kier molecular flexibility index (Phi) is 8.48. The summed E-state index contributed by atoms with van der Waals surface area (Å²) in [6.07, 6.45) is 4.31. The summed E-state index contributed by atoms with van der Waals surface area (Å²) in [5, 5.41) is 16.6. The van der Waals surface area contributed by atoms with Crippen molar-refractivity contribution in [3.8, 4) is 5.75 Å². The molecule has 0 saturated carbocycles. The number of benzene rings is 2. The average Bonchev–Trinajstić information content (AvgIpc) is 2.78. The van der Waals surface area contributed by atoms with Crippen LogP contribution in [0.5, 0.6) is 5.75 Å². The first-order chi connectivity index (χ1) is 15.1. The number of hydrogen-bond donors (Lipinski definition) is 3. The molecule has 1 atom stereocenters. The number of phenols is 1. The van der Waals surface area contributed by atoms with Crippen LogP contribution in [0.15, 0.2) is 42.5 Å². The lowest BCUT2D eigenvalue weighted by atomic mass is 9.76. The number of aromatic hydroxyl groups is 1. The predicted octanol–water partition coefficient (Wildman–Crippen LogP) is 7.03. The lowest BCUT2D eigenvalue weighted by molar-refractivity contribution is 0.0793. The second-order valence-electron chi connectivity index (χ2n) is 9.19. The van der Waals surface area contributed by atoms with Crippen LogP contribution in [0.1, 0.15) is 94.4 Å². The minimum atomic E-state index is -0.512. The van der Waals surface area contributed by atoms with E-state index in [0.717, 1.165) is 31.4 Å². The van der Waals surface area contributed by atoms with E-state index in [0.29, 0.717) is 17.7 Å². The van der Waals surface area contributed by atoms with Gasteiger partial charge in [0.05, 0.1) is 0 Å². The van der Waals surface area contributed by atoms with Crippen molar-refractivity contribution in [2.24, 2.45) is 5.41 Å². The van der Waals surface area contributed by atoms with E-state index in [1.807, 2.05) is 38.1 Å². The molecule has 174 valence electrons. The number of nitrogens with one attached hydrogen (secondary N) is 2. The maximum absolute atomic E-state index is 13.2. The largest absolute Gasteiger partial charge is 0.508 e. The van der Waals surface area contributed by atoms with E-state index in [2.05, 4.69) is 38.3 Å². The van der Waals surface area contributed by atoms with Crippen molar-refractivity contribution in [3.05, 3.63) is 53.6 Å². The molecule has 0 radical (unpaired) electrons. The van der Waals surface area contributed by atoms with E-state index in [1.165, 1.54) is 12.1 Å². The first-order valence-electron chi connectivity index (χ1n) is 11.7. The Morgan fingerprint density at radius 3 is 2.09 bits per heavy atom. The van der Waals surface area contributed by atoms with E-state index >= 15 is 0 Å². The molecule has 0 bridgehead atoms. The standard InChI is InChI=1S/C27H38N2O3/c1-7-14-26(5,8-2)24(31)19-15-20(17-23(30)16-19)25(32)28-21-12-11-13-22(18-21)29-27(6,9-3)10-4/h11-13,15-18,29-30H,7-10,14H2,1-6H3,(H,28,32). The van der Waals surface area contributed by atoms with Crippen LogP contribution in [0.3, 0.4) is 0 Å². The zero-order valence-corrected chi connectivity index (χ0v) is 20.3. The molecule has 0 fully saturated rings. The Balaban J connectivity index is 2.26. The van der Waals surface area contributed by atoms with Gasteiger partial charge in [-0.15, -0.1) is 0 Å². The molecule has 0 aliphatic rings. The summed E-state index contributed by atoms with van der Waals surface area (Å²) in [5.41, 5.74) is 1.67. The normalized spacial score (nSPS) is 13.3. The number of Topliss-reactive ketones (excluding diaryl/α,β-unsaturated/α-hetero) is 1. The third-order valence-corrected chi connectivity index (χ3v) is 6.70. The summed E-state index contributed by atoms with van der Waals surface area (Å²) >= 11 is 0. The highest BCUT2D eigenvalue weighted by Gasteiger charge is 2.31. The lowest BCUT2D eigenvalue weighted by Gasteiger charge is -2.29. The summed E-state index contributed by atoms with van der Waals surface area (Å²) < 4.78 is 0. The molecule has 0 aromatic heterocycles. The van der Waals surface area contributed by atoms with Gasteiger partial charge in [0, 0.05) is 33.5 Å². The number of ketones is 1. The van der Waals surface area contributed by atoms with Crippen LogP contribution >= 0.6 is 0 Å². The van der Waals surface area contributed by atoms with Crippen LogP contribution in [0.4, 0.5) is 11.4 Å². The average molecular weight is 439 g/mol. The number of amides is 1. The smallest absolute Gasteiger partial charge is 0.255 e. The van der Waals surface area contributed by atoms with Crippen molar-refractivity contribution in [1.82, 2.24) is 0 Å². The van der Waals surface area contributed by atoms with Crippen LogP contribution in [0, 0.1) is 5.41 Å². The van der Waals surface area contributed by atoms with Crippen molar-refractivity contribution < 1.29 is 14.7 Å². The fourth-order valence-electron chi connectivity index (χ4n) is 3.88. The molecule has 2 aromatic carbocycles. The number of hydrogen-bond acceptors (Lipinski definition) is 4. The van der Waals surface area contributed by atoms with Crippen LogP contribution in [0.25, 0.3) is 0 Å². The van der Waals surface area contributed by atoms with E-state index in [1.54, 1.807) is 6.07 Å². The minimum Gasteiger partial charge on any atom is -0.508 e. The molecule has 0 spiro atoms. The van der Waals surface area contributed by atoms with E-state index in [4.69, 9.17) is 0 Å². The predicted molar refractivity (Wildman–Crippen MR) is 133 cm³/mol. The Morgan fingerprint density at radius 1 is 0.875 bits per heavy atom. The molecular formula is C27H38N2O3. The number of carbonyl (C=O) groups excluding carboxylic acids is 2. The fourth-order valence-corrected chi connectivity index (χ4v) is 3.88. The molecule has 2 rings (SSSR count). The molecule has 1 amide bonds. The van der Waals surface area contributed by atoms with Gasteiger partial charge in [0.2, 0.25) is 0 Å². The summed E-state index contributed by atoms with van der Waals surface area (Å²) in [6.45, 7) is 12.5. The van der Waals surface area contributed by atoms with Crippen molar-refractivity contribution in [2.75, 3.05) is 10.6 Å². The molecule has 0 aliphatic heterocycles. The molecule has 5 nitrogen and oxygen atoms in total. The minimum absolute atomic E-state index is 0.0203. The molecule has 32 heavy (non-hydrogen) atoms. The number of anilines is 2. The molecule has 0 saturated heterocycles. The van der Waals surface area contributed by atoms with Gasteiger partial charge in [0.1, 0.15) is 5.75 Å². The number of rotatable bonds is 11. The Morgan fingerprint density at radius 2 is 1.50 bits per heavy atom. The lowest BCUT2D eigenvalue weighted by Crippen LogP contribution is -2.32. The van der Waals surface area contributed by atoms with Gasteiger partial charge in [-0.3, -0.25) is 9.59 Å². The number of phenolic OH excluding ortho intramolecular Hbond substituents is 1. The van der Waals surface area contributed by atoms with Crippen LogP contribution in [-0.4, -0.2) is 22.3 Å². The molecule has 1 unspecified atom stereocenters. The zero-order chi connectivity index (χ0) is 23.9. The third-order valence-electron chi connectivity index (χ3n) is 6.70.